The highest BCUT2D eigenvalue weighted by Gasteiger charge is 2.56. The molecule has 1 aliphatic carbocycles. The molecule has 0 spiro atoms. The van der Waals surface area contributed by atoms with Crippen molar-refractivity contribution in [3.05, 3.63) is 30.1 Å². The number of amides is 2. The largest absolute Gasteiger partial charge is 0.379 e. The molecular formula is C22H25N7O3. The molecule has 2 N–H and O–H groups in total. The van der Waals surface area contributed by atoms with Gasteiger partial charge in [-0.15, -0.1) is 0 Å². The molecule has 2 atom stereocenters. The van der Waals surface area contributed by atoms with E-state index in [1.807, 2.05) is 0 Å². The van der Waals surface area contributed by atoms with Gasteiger partial charge in [0.25, 0.3) is 5.91 Å². The lowest BCUT2D eigenvalue weighted by atomic mass is 9.83. The van der Waals surface area contributed by atoms with Crippen molar-refractivity contribution in [1.29, 1.82) is 5.26 Å². The van der Waals surface area contributed by atoms with Crippen LogP contribution in [0.3, 0.4) is 0 Å². The number of pyridine rings is 1. The van der Waals surface area contributed by atoms with Crippen LogP contribution in [0.25, 0.3) is 0 Å². The average Bonchev–Trinajstić information content (AvgIpc) is 3.23. The van der Waals surface area contributed by atoms with Gasteiger partial charge in [0.2, 0.25) is 5.91 Å². The third-order valence-corrected chi connectivity index (χ3v) is 6.52. The Hall–Kier alpha value is -3.45. The van der Waals surface area contributed by atoms with Crippen LogP contribution in [0.15, 0.2) is 24.4 Å². The highest BCUT2D eigenvalue weighted by atomic mass is 16.5. The van der Waals surface area contributed by atoms with Crippen molar-refractivity contribution in [3.8, 4) is 6.07 Å². The number of carbonyl (C=O) groups is 2. The van der Waals surface area contributed by atoms with Gasteiger partial charge in [0, 0.05) is 44.2 Å². The number of nitrogens with one attached hydrogen (secondary N) is 2. The molecular weight excluding hydrogens is 410 g/mol. The van der Waals surface area contributed by atoms with Gasteiger partial charge >= 0.3 is 0 Å². The van der Waals surface area contributed by atoms with Crippen LogP contribution in [0.1, 0.15) is 36.2 Å². The van der Waals surface area contributed by atoms with E-state index in [9.17, 15) is 14.9 Å². The maximum Gasteiger partial charge on any atom is 0.269 e. The number of aromatic nitrogens is 3. The SMILES string of the molecule is Cn1nc(Nc2cc(N3CC[C@@](C#N)(C4CC4)C3=O)ccn2)cc1C(=O)N[C@H]1CCOC1. The molecule has 2 aromatic rings. The van der Waals surface area contributed by atoms with Crippen molar-refractivity contribution < 1.29 is 14.3 Å². The predicted molar refractivity (Wildman–Crippen MR) is 115 cm³/mol. The minimum Gasteiger partial charge on any atom is -0.379 e. The Bertz CT molecular complexity index is 1100. The number of hydrogen-bond acceptors (Lipinski definition) is 7. The Kier molecular flexibility index (Phi) is 5.06. The van der Waals surface area contributed by atoms with Gasteiger partial charge in [-0.2, -0.15) is 10.4 Å². The van der Waals surface area contributed by atoms with E-state index in [0.29, 0.717) is 49.2 Å². The highest BCUT2D eigenvalue weighted by molar-refractivity contribution is 6.02. The van der Waals surface area contributed by atoms with Crippen LogP contribution in [0.2, 0.25) is 0 Å². The van der Waals surface area contributed by atoms with Gasteiger partial charge in [0.1, 0.15) is 16.9 Å². The molecule has 0 bridgehead atoms. The van der Waals surface area contributed by atoms with Gasteiger partial charge in [0.05, 0.1) is 18.7 Å². The van der Waals surface area contributed by atoms with Gasteiger partial charge in [-0.05, 0) is 37.7 Å². The molecule has 2 aromatic heterocycles. The molecule has 166 valence electrons. The quantitative estimate of drug-likeness (QED) is 0.708. The fourth-order valence-corrected chi connectivity index (χ4v) is 4.57. The van der Waals surface area contributed by atoms with Crippen LogP contribution in [0.5, 0.6) is 0 Å². The molecule has 4 heterocycles. The molecule has 5 rings (SSSR count). The summed E-state index contributed by atoms with van der Waals surface area (Å²) in [5.74, 6) is 0.832. The molecule has 3 fully saturated rings. The number of anilines is 3. The van der Waals surface area contributed by atoms with E-state index in [1.165, 1.54) is 4.68 Å². The third kappa shape index (κ3) is 3.58. The second-order valence-corrected chi connectivity index (χ2v) is 8.66. The van der Waals surface area contributed by atoms with E-state index in [-0.39, 0.29) is 23.8 Å². The van der Waals surface area contributed by atoms with Crippen molar-refractivity contribution in [3.63, 3.8) is 0 Å². The van der Waals surface area contributed by atoms with Crippen LogP contribution in [0, 0.1) is 22.7 Å². The highest BCUT2D eigenvalue weighted by Crippen LogP contribution is 2.51. The minimum absolute atomic E-state index is 0.0151. The lowest BCUT2D eigenvalue weighted by Crippen LogP contribution is -2.36. The number of rotatable bonds is 6. The maximum atomic E-state index is 13.1. The summed E-state index contributed by atoms with van der Waals surface area (Å²) in [4.78, 5) is 31.6. The van der Waals surface area contributed by atoms with Crippen LogP contribution in [-0.4, -0.2) is 52.4 Å². The monoisotopic (exact) mass is 435 g/mol. The normalized spacial score (nSPS) is 25.1. The summed E-state index contributed by atoms with van der Waals surface area (Å²) in [5, 5.41) is 20.1. The summed E-state index contributed by atoms with van der Waals surface area (Å²) in [7, 11) is 1.71. The topological polar surface area (TPSA) is 125 Å². The van der Waals surface area contributed by atoms with Crippen LogP contribution in [0.4, 0.5) is 17.3 Å². The standard InChI is InChI=1S/C22H25N7O3/c1-28-17(20(30)25-15-5-9-32-12-15)11-19(27-28)26-18-10-16(4-7-24-18)29-8-6-22(13-23,21(29)31)14-2-3-14/h4,7,10-11,14-15H,2-3,5-6,8-9,12H2,1H3,(H,25,30)(H,24,26,27)/t15-,22+/m0/s1. The van der Waals surface area contributed by atoms with Crippen molar-refractivity contribution in [1.82, 2.24) is 20.1 Å². The molecule has 1 saturated carbocycles. The first kappa shape index (κ1) is 20.5. The molecule has 32 heavy (non-hydrogen) atoms. The number of nitrogens with zero attached hydrogens (tertiary/aromatic N) is 5. The van der Waals surface area contributed by atoms with Crippen molar-refractivity contribution >= 4 is 29.1 Å². The zero-order valence-corrected chi connectivity index (χ0v) is 17.9. The van der Waals surface area contributed by atoms with Crippen LogP contribution >= 0.6 is 0 Å². The van der Waals surface area contributed by atoms with Gasteiger partial charge < -0.3 is 20.3 Å². The van der Waals surface area contributed by atoms with Gasteiger partial charge in [0.15, 0.2) is 5.82 Å². The molecule has 10 nitrogen and oxygen atoms in total. The number of carbonyl (C=O) groups excluding carboxylic acids is 2. The van der Waals surface area contributed by atoms with E-state index in [1.54, 1.807) is 36.3 Å². The fraction of sp³-hybridized carbons (Fsp3) is 0.500. The van der Waals surface area contributed by atoms with Crippen LogP contribution < -0.4 is 15.5 Å². The second kappa shape index (κ2) is 7.91. The van der Waals surface area contributed by atoms with Crippen molar-refractivity contribution in [2.24, 2.45) is 18.4 Å². The summed E-state index contributed by atoms with van der Waals surface area (Å²) in [6.07, 6.45) is 4.86. The number of aryl methyl sites for hydroxylation is 1. The maximum absolute atomic E-state index is 13.1. The predicted octanol–water partition coefficient (Wildman–Crippen LogP) is 1.73. The first-order valence-electron chi connectivity index (χ1n) is 10.9. The molecule has 3 aliphatic rings. The zero-order valence-electron chi connectivity index (χ0n) is 17.9. The Labute approximate surface area is 185 Å². The summed E-state index contributed by atoms with van der Waals surface area (Å²) >= 11 is 0. The molecule has 2 aliphatic heterocycles. The van der Waals surface area contributed by atoms with Crippen LogP contribution in [-0.2, 0) is 16.6 Å². The Morgan fingerprint density at radius 1 is 1.31 bits per heavy atom. The van der Waals surface area contributed by atoms with Crippen molar-refractivity contribution in [2.75, 3.05) is 30.0 Å². The van der Waals surface area contributed by atoms with Gasteiger partial charge in [-0.25, -0.2) is 4.98 Å². The smallest absolute Gasteiger partial charge is 0.269 e. The molecule has 0 unspecified atom stereocenters. The summed E-state index contributed by atoms with van der Waals surface area (Å²) in [6, 6.07) is 7.52. The van der Waals surface area contributed by atoms with E-state index >= 15 is 0 Å². The van der Waals surface area contributed by atoms with E-state index in [2.05, 4.69) is 26.8 Å². The third-order valence-electron chi connectivity index (χ3n) is 6.52. The van der Waals surface area contributed by atoms with E-state index in [0.717, 1.165) is 19.3 Å². The number of hydrogen-bond donors (Lipinski definition) is 2. The Balaban J connectivity index is 1.30. The molecule has 2 saturated heterocycles. The van der Waals surface area contributed by atoms with E-state index < -0.39 is 5.41 Å². The number of nitriles is 1. The number of ether oxygens (including phenoxy) is 1. The Morgan fingerprint density at radius 3 is 2.88 bits per heavy atom. The Morgan fingerprint density at radius 2 is 2.16 bits per heavy atom. The van der Waals surface area contributed by atoms with E-state index in [4.69, 9.17) is 4.74 Å². The second-order valence-electron chi connectivity index (χ2n) is 8.66. The molecule has 2 amide bonds. The fourth-order valence-electron chi connectivity index (χ4n) is 4.57. The lowest BCUT2D eigenvalue weighted by Gasteiger charge is -2.21. The first-order chi connectivity index (χ1) is 15.5. The minimum atomic E-state index is -0.884. The summed E-state index contributed by atoms with van der Waals surface area (Å²) < 4.78 is 6.81. The lowest BCUT2D eigenvalue weighted by molar-refractivity contribution is -0.123. The summed E-state index contributed by atoms with van der Waals surface area (Å²) in [6.45, 7) is 1.69. The average molecular weight is 435 g/mol. The zero-order chi connectivity index (χ0) is 22.3. The summed E-state index contributed by atoms with van der Waals surface area (Å²) in [5.41, 5.74) is 0.235. The molecule has 10 heteroatoms. The molecule has 0 aromatic carbocycles. The van der Waals surface area contributed by atoms with Gasteiger partial charge in [-0.3, -0.25) is 14.3 Å². The van der Waals surface area contributed by atoms with Gasteiger partial charge in [-0.1, -0.05) is 0 Å². The molecule has 0 radical (unpaired) electrons. The van der Waals surface area contributed by atoms with Crippen molar-refractivity contribution in [2.45, 2.75) is 31.7 Å². The first-order valence-corrected chi connectivity index (χ1v) is 10.9.